The van der Waals surface area contributed by atoms with E-state index in [0.717, 1.165) is 43.0 Å². The average Bonchev–Trinajstić information content (AvgIpc) is 3.22. The van der Waals surface area contributed by atoms with Gasteiger partial charge in [-0.05, 0) is 79.8 Å². The van der Waals surface area contributed by atoms with Crippen LogP contribution >= 0.6 is 0 Å². The first-order valence-electron chi connectivity index (χ1n) is 10.0. The van der Waals surface area contributed by atoms with Gasteiger partial charge in [0.15, 0.2) is 6.33 Å². The maximum Gasteiger partial charge on any atom is 0.251 e. The van der Waals surface area contributed by atoms with Gasteiger partial charge in [0.25, 0.3) is 5.91 Å². The number of benzene rings is 1. The van der Waals surface area contributed by atoms with Crippen LogP contribution in [0, 0.1) is 11.8 Å². The number of tetrazole rings is 1. The largest absolute Gasteiger partial charge is 0.346 e. The van der Waals surface area contributed by atoms with Crippen molar-refractivity contribution >= 4 is 16.8 Å². The van der Waals surface area contributed by atoms with Gasteiger partial charge in [-0.25, -0.2) is 0 Å². The number of amides is 1. The highest BCUT2D eigenvalue weighted by atomic mass is 16.1. The standard InChI is InChI=1S/C21H22N6O/c28-19(17-3-4-18-16(7-17)2-1-5-22-18)25-20-8-14-6-15(9-20)11-21(10-14,12-20)27-24-13-23-26-27/h1-5,7,13-15H,6,8-12H2,(H,25,28). The highest BCUT2D eigenvalue weighted by Crippen LogP contribution is 2.60. The molecule has 142 valence electrons. The summed E-state index contributed by atoms with van der Waals surface area (Å²) in [6, 6.07) is 9.63. The number of nitrogens with zero attached hydrogens (tertiary/aromatic N) is 5. The third-order valence-electron chi connectivity index (χ3n) is 7.05. The second-order valence-corrected chi connectivity index (χ2v) is 9.06. The van der Waals surface area contributed by atoms with E-state index in [1.807, 2.05) is 35.1 Å². The Morgan fingerprint density at radius 1 is 1.14 bits per heavy atom. The van der Waals surface area contributed by atoms with Gasteiger partial charge in [-0.15, -0.1) is 10.2 Å². The third-order valence-corrected chi connectivity index (χ3v) is 7.05. The molecule has 7 heteroatoms. The lowest BCUT2D eigenvalue weighted by molar-refractivity contribution is -0.0810. The number of hydrogen-bond acceptors (Lipinski definition) is 5. The van der Waals surface area contributed by atoms with Gasteiger partial charge < -0.3 is 5.32 Å². The minimum Gasteiger partial charge on any atom is -0.346 e. The molecule has 3 aromatic rings. The molecule has 0 radical (unpaired) electrons. The van der Waals surface area contributed by atoms with E-state index in [2.05, 4.69) is 25.7 Å². The Hall–Kier alpha value is -2.83. The number of rotatable bonds is 3. The summed E-state index contributed by atoms with van der Waals surface area (Å²) >= 11 is 0. The molecule has 4 saturated carbocycles. The van der Waals surface area contributed by atoms with E-state index in [1.165, 1.54) is 12.7 Å². The lowest BCUT2D eigenvalue weighted by atomic mass is 9.50. The van der Waals surface area contributed by atoms with Gasteiger partial charge in [0, 0.05) is 22.7 Å². The SMILES string of the molecule is O=C(NC12CC3CC(C1)CC(n1ncnn1)(C3)C2)c1ccc2ncccc2c1. The molecule has 28 heavy (non-hydrogen) atoms. The van der Waals surface area contributed by atoms with E-state index in [1.54, 1.807) is 6.20 Å². The maximum atomic E-state index is 13.2. The Morgan fingerprint density at radius 2 is 2.00 bits per heavy atom. The van der Waals surface area contributed by atoms with Gasteiger partial charge in [0.1, 0.15) is 0 Å². The summed E-state index contributed by atoms with van der Waals surface area (Å²) in [6.45, 7) is 0. The number of nitrogens with one attached hydrogen (secondary N) is 1. The number of carbonyl (C=O) groups excluding carboxylic acids is 1. The van der Waals surface area contributed by atoms with Crippen LogP contribution in [0.5, 0.6) is 0 Å². The molecule has 4 fully saturated rings. The van der Waals surface area contributed by atoms with Crippen molar-refractivity contribution in [3.8, 4) is 0 Å². The zero-order chi connectivity index (χ0) is 18.8. The predicted octanol–water partition coefficient (Wildman–Crippen LogP) is 2.70. The van der Waals surface area contributed by atoms with Crippen LogP contribution in [0.2, 0.25) is 0 Å². The Kier molecular flexibility index (Phi) is 3.23. The van der Waals surface area contributed by atoms with Gasteiger partial charge in [-0.3, -0.25) is 9.78 Å². The van der Waals surface area contributed by atoms with Crippen LogP contribution in [0.1, 0.15) is 48.9 Å². The van der Waals surface area contributed by atoms with Gasteiger partial charge in [0.05, 0.1) is 11.1 Å². The minimum atomic E-state index is -0.168. The van der Waals surface area contributed by atoms with Gasteiger partial charge in [-0.1, -0.05) is 6.07 Å². The van der Waals surface area contributed by atoms with Crippen molar-refractivity contribution in [1.82, 2.24) is 30.5 Å². The first kappa shape index (κ1) is 16.2. The molecule has 4 aliphatic carbocycles. The number of hydrogen-bond donors (Lipinski definition) is 1. The van der Waals surface area contributed by atoms with Crippen molar-refractivity contribution < 1.29 is 4.79 Å². The normalized spacial score (nSPS) is 33.3. The molecule has 2 aromatic heterocycles. The van der Waals surface area contributed by atoms with Crippen molar-refractivity contribution in [2.45, 2.75) is 49.6 Å². The van der Waals surface area contributed by atoms with Crippen molar-refractivity contribution in [3.63, 3.8) is 0 Å². The Morgan fingerprint density at radius 3 is 2.79 bits per heavy atom. The molecule has 0 spiro atoms. The second kappa shape index (κ2) is 5.59. The quantitative estimate of drug-likeness (QED) is 0.762. The monoisotopic (exact) mass is 374 g/mol. The van der Waals surface area contributed by atoms with Gasteiger partial charge in [0.2, 0.25) is 0 Å². The fourth-order valence-corrected chi connectivity index (χ4v) is 6.51. The van der Waals surface area contributed by atoms with Gasteiger partial charge >= 0.3 is 0 Å². The van der Waals surface area contributed by atoms with E-state index < -0.39 is 0 Å². The summed E-state index contributed by atoms with van der Waals surface area (Å²) in [6.07, 6.45) is 9.75. The van der Waals surface area contributed by atoms with Crippen LogP contribution in [0.4, 0.5) is 0 Å². The summed E-state index contributed by atoms with van der Waals surface area (Å²) in [5, 5.41) is 17.0. The van der Waals surface area contributed by atoms with Crippen molar-refractivity contribution in [2.75, 3.05) is 0 Å². The molecule has 4 aliphatic rings. The summed E-state index contributed by atoms with van der Waals surface area (Å²) in [5.41, 5.74) is 1.34. The van der Waals surface area contributed by atoms with Crippen molar-refractivity contribution in [3.05, 3.63) is 48.4 Å². The van der Waals surface area contributed by atoms with Crippen molar-refractivity contribution in [2.24, 2.45) is 11.8 Å². The summed E-state index contributed by atoms with van der Waals surface area (Å²) in [5.74, 6) is 1.25. The fourth-order valence-electron chi connectivity index (χ4n) is 6.51. The molecule has 2 atom stereocenters. The summed E-state index contributed by atoms with van der Waals surface area (Å²) < 4.78 is 0. The summed E-state index contributed by atoms with van der Waals surface area (Å²) in [7, 11) is 0. The van der Waals surface area contributed by atoms with Crippen LogP contribution in [0.3, 0.4) is 0 Å². The van der Waals surface area contributed by atoms with Crippen LogP contribution in [-0.2, 0) is 5.54 Å². The molecule has 0 saturated heterocycles. The predicted molar refractivity (Wildman–Crippen MR) is 102 cm³/mol. The lowest BCUT2D eigenvalue weighted by Gasteiger charge is -2.61. The Balaban J connectivity index is 1.32. The lowest BCUT2D eigenvalue weighted by Crippen LogP contribution is -2.66. The van der Waals surface area contributed by atoms with Crippen LogP contribution in [0.25, 0.3) is 10.9 Å². The molecular formula is C21H22N6O. The molecule has 4 bridgehead atoms. The smallest absolute Gasteiger partial charge is 0.251 e. The summed E-state index contributed by atoms with van der Waals surface area (Å²) in [4.78, 5) is 19.4. The molecule has 7 rings (SSSR count). The minimum absolute atomic E-state index is 0.00871. The Bertz CT molecular complexity index is 1050. The van der Waals surface area contributed by atoms with E-state index in [9.17, 15) is 4.79 Å². The molecule has 2 heterocycles. The van der Waals surface area contributed by atoms with Gasteiger partial charge in [-0.2, -0.15) is 4.80 Å². The third kappa shape index (κ3) is 2.38. The second-order valence-electron chi connectivity index (χ2n) is 9.06. The highest BCUT2D eigenvalue weighted by molar-refractivity contribution is 5.98. The van der Waals surface area contributed by atoms with Crippen LogP contribution < -0.4 is 5.32 Å². The van der Waals surface area contributed by atoms with E-state index in [0.29, 0.717) is 17.4 Å². The maximum absolute atomic E-state index is 13.2. The zero-order valence-electron chi connectivity index (χ0n) is 15.6. The van der Waals surface area contributed by atoms with E-state index in [-0.39, 0.29) is 17.0 Å². The Labute approximate surface area is 162 Å². The van der Waals surface area contributed by atoms with Crippen molar-refractivity contribution in [1.29, 1.82) is 0 Å². The molecule has 7 nitrogen and oxygen atoms in total. The zero-order valence-corrected chi connectivity index (χ0v) is 15.6. The number of carbonyl (C=O) groups is 1. The molecule has 0 aliphatic heterocycles. The fraction of sp³-hybridized carbons (Fsp3) is 0.476. The number of aromatic nitrogens is 5. The molecular weight excluding hydrogens is 352 g/mol. The highest BCUT2D eigenvalue weighted by Gasteiger charge is 2.60. The van der Waals surface area contributed by atoms with Crippen LogP contribution in [0.15, 0.2) is 42.9 Å². The average molecular weight is 374 g/mol. The molecule has 1 amide bonds. The molecule has 1 aromatic carbocycles. The van der Waals surface area contributed by atoms with E-state index in [4.69, 9.17) is 0 Å². The molecule has 2 unspecified atom stereocenters. The molecule has 1 N–H and O–H groups in total. The first-order chi connectivity index (χ1) is 13.6. The van der Waals surface area contributed by atoms with E-state index >= 15 is 0 Å². The number of fused-ring (bicyclic) bond motifs is 1. The first-order valence-corrected chi connectivity index (χ1v) is 10.0. The number of pyridine rings is 1. The topological polar surface area (TPSA) is 85.6 Å². The van der Waals surface area contributed by atoms with Crippen LogP contribution in [-0.4, -0.2) is 36.6 Å².